The number of imide groups is 1. The average Bonchev–Trinajstić information content (AvgIpc) is 2.52. The van der Waals surface area contributed by atoms with Crippen LogP contribution in [0.15, 0.2) is 24.3 Å². The molecule has 1 atom stereocenters. The second kappa shape index (κ2) is 7.03. The Hall–Kier alpha value is -2.37. The minimum atomic E-state index is -0.636. The lowest BCUT2D eigenvalue weighted by Crippen LogP contribution is -2.44. The molecule has 0 bridgehead atoms. The average molecular weight is 333 g/mol. The van der Waals surface area contributed by atoms with Gasteiger partial charge in [-0.3, -0.25) is 4.79 Å². The molecular weight excluding hydrogens is 310 g/mol. The van der Waals surface area contributed by atoms with Crippen LogP contribution in [0.3, 0.4) is 0 Å². The highest BCUT2D eigenvalue weighted by Crippen LogP contribution is 2.30. The van der Waals surface area contributed by atoms with Crippen molar-refractivity contribution in [2.24, 2.45) is 0 Å². The summed E-state index contributed by atoms with van der Waals surface area (Å²) in [5.41, 5.74) is 0.718. The number of amides is 2. The fraction of sp³-hybridized carbons (Fsp3) is 0.500. The molecule has 0 aromatic heterocycles. The Kier molecular flexibility index (Phi) is 5.26. The van der Waals surface area contributed by atoms with Gasteiger partial charge >= 0.3 is 12.1 Å². The fourth-order valence-electron chi connectivity index (χ4n) is 2.66. The van der Waals surface area contributed by atoms with Gasteiger partial charge in [-0.05, 0) is 50.8 Å². The first kappa shape index (κ1) is 18.0. The molecule has 0 unspecified atom stereocenters. The standard InChI is InChI=1S/C18H23NO5/c1-18(2,3)24-17(22)19-9-8-13(11-15(19)20)12-6-5-7-14(10-12)16(21)23-4/h5-7,10,13H,8-9,11H2,1-4H3/t13-/m0/s1. The Balaban J connectivity index is 2.07. The van der Waals surface area contributed by atoms with Gasteiger partial charge in [0.1, 0.15) is 5.60 Å². The smallest absolute Gasteiger partial charge is 0.417 e. The van der Waals surface area contributed by atoms with E-state index in [0.717, 1.165) is 10.5 Å². The first-order valence-corrected chi connectivity index (χ1v) is 7.93. The molecule has 0 aliphatic carbocycles. The zero-order chi connectivity index (χ0) is 17.9. The minimum Gasteiger partial charge on any atom is -0.465 e. The second-order valence-corrected chi connectivity index (χ2v) is 6.83. The highest BCUT2D eigenvalue weighted by atomic mass is 16.6. The summed E-state index contributed by atoms with van der Waals surface area (Å²) in [7, 11) is 1.33. The SMILES string of the molecule is COC(=O)c1cccc([C@H]2CCN(C(=O)OC(C)(C)C)C(=O)C2)c1. The molecule has 130 valence electrons. The van der Waals surface area contributed by atoms with Crippen LogP contribution in [-0.4, -0.2) is 42.1 Å². The van der Waals surface area contributed by atoms with E-state index in [-0.39, 0.29) is 18.2 Å². The number of hydrogen-bond donors (Lipinski definition) is 0. The van der Waals surface area contributed by atoms with Crippen LogP contribution < -0.4 is 0 Å². The summed E-state index contributed by atoms with van der Waals surface area (Å²) in [6, 6.07) is 7.07. The third kappa shape index (κ3) is 4.34. The summed E-state index contributed by atoms with van der Waals surface area (Å²) >= 11 is 0. The van der Waals surface area contributed by atoms with Crippen molar-refractivity contribution < 1.29 is 23.9 Å². The molecule has 0 radical (unpaired) electrons. The maximum absolute atomic E-state index is 12.3. The third-order valence-electron chi connectivity index (χ3n) is 3.82. The number of esters is 1. The number of nitrogens with zero attached hydrogens (tertiary/aromatic N) is 1. The monoisotopic (exact) mass is 333 g/mol. The lowest BCUT2D eigenvalue weighted by molar-refractivity contribution is -0.132. The number of piperidine rings is 1. The van der Waals surface area contributed by atoms with Gasteiger partial charge in [0, 0.05) is 13.0 Å². The summed E-state index contributed by atoms with van der Waals surface area (Å²) in [4.78, 5) is 37.2. The Morgan fingerprint density at radius 3 is 2.54 bits per heavy atom. The molecule has 24 heavy (non-hydrogen) atoms. The van der Waals surface area contributed by atoms with E-state index in [9.17, 15) is 14.4 Å². The molecular formula is C18H23NO5. The van der Waals surface area contributed by atoms with E-state index in [1.165, 1.54) is 7.11 Å². The van der Waals surface area contributed by atoms with E-state index >= 15 is 0 Å². The van der Waals surface area contributed by atoms with Crippen LogP contribution in [0, 0.1) is 0 Å². The zero-order valence-electron chi connectivity index (χ0n) is 14.5. The third-order valence-corrected chi connectivity index (χ3v) is 3.82. The van der Waals surface area contributed by atoms with Gasteiger partial charge in [0.15, 0.2) is 0 Å². The molecule has 1 fully saturated rings. The van der Waals surface area contributed by atoms with Crippen LogP contribution in [0.4, 0.5) is 4.79 Å². The quantitative estimate of drug-likeness (QED) is 0.778. The van der Waals surface area contributed by atoms with E-state index in [1.807, 2.05) is 6.07 Å². The fourth-order valence-corrected chi connectivity index (χ4v) is 2.66. The van der Waals surface area contributed by atoms with Crippen molar-refractivity contribution in [1.29, 1.82) is 0 Å². The number of benzene rings is 1. The Morgan fingerprint density at radius 2 is 1.96 bits per heavy atom. The predicted molar refractivity (Wildman–Crippen MR) is 87.7 cm³/mol. The summed E-state index contributed by atoms with van der Waals surface area (Å²) in [5.74, 6) is -0.695. The van der Waals surface area contributed by atoms with Crippen LogP contribution in [0.2, 0.25) is 0 Å². The molecule has 1 aliphatic heterocycles. The number of hydrogen-bond acceptors (Lipinski definition) is 5. The summed E-state index contributed by atoms with van der Waals surface area (Å²) in [5, 5.41) is 0. The minimum absolute atomic E-state index is 0.0270. The number of likely N-dealkylation sites (tertiary alicyclic amines) is 1. The Labute approximate surface area is 141 Å². The second-order valence-electron chi connectivity index (χ2n) is 6.83. The first-order valence-electron chi connectivity index (χ1n) is 7.93. The van der Waals surface area contributed by atoms with Crippen molar-refractivity contribution >= 4 is 18.0 Å². The molecule has 2 amide bonds. The van der Waals surface area contributed by atoms with Crippen molar-refractivity contribution in [2.75, 3.05) is 13.7 Å². The van der Waals surface area contributed by atoms with Gasteiger partial charge in [-0.25, -0.2) is 14.5 Å². The maximum Gasteiger partial charge on any atom is 0.417 e. The molecule has 1 aromatic carbocycles. The summed E-state index contributed by atoms with van der Waals surface area (Å²) in [6.45, 7) is 5.60. The number of rotatable bonds is 2. The number of carbonyl (C=O) groups excluding carboxylic acids is 3. The maximum atomic E-state index is 12.3. The van der Waals surface area contributed by atoms with Gasteiger partial charge in [-0.1, -0.05) is 12.1 Å². The number of ether oxygens (including phenoxy) is 2. The van der Waals surface area contributed by atoms with Crippen molar-refractivity contribution in [3.8, 4) is 0 Å². The normalized spacial score (nSPS) is 18.2. The summed E-state index contributed by atoms with van der Waals surface area (Å²) in [6.07, 6.45) is 0.244. The van der Waals surface area contributed by atoms with Gasteiger partial charge in [-0.2, -0.15) is 0 Å². The molecule has 0 N–H and O–H groups in total. The van der Waals surface area contributed by atoms with Gasteiger partial charge in [-0.15, -0.1) is 0 Å². The molecule has 1 aliphatic rings. The number of carbonyl (C=O) groups is 3. The van der Waals surface area contributed by atoms with Crippen molar-refractivity contribution in [2.45, 2.75) is 45.1 Å². The van der Waals surface area contributed by atoms with Gasteiger partial charge in [0.25, 0.3) is 0 Å². The van der Waals surface area contributed by atoms with E-state index in [0.29, 0.717) is 18.5 Å². The van der Waals surface area contributed by atoms with Crippen molar-refractivity contribution in [3.05, 3.63) is 35.4 Å². The number of methoxy groups -OCH3 is 1. The van der Waals surface area contributed by atoms with E-state index in [4.69, 9.17) is 9.47 Å². The van der Waals surface area contributed by atoms with Crippen LogP contribution in [0.25, 0.3) is 0 Å². The molecule has 0 saturated carbocycles. The first-order chi connectivity index (χ1) is 11.2. The molecule has 0 spiro atoms. The highest BCUT2D eigenvalue weighted by molar-refractivity contribution is 5.93. The van der Waals surface area contributed by atoms with E-state index in [2.05, 4.69) is 0 Å². The Bertz CT molecular complexity index is 647. The van der Waals surface area contributed by atoms with Crippen LogP contribution in [-0.2, 0) is 14.3 Å². The highest BCUT2D eigenvalue weighted by Gasteiger charge is 2.33. The molecule has 1 saturated heterocycles. The molecule has 2 rings (SSSR count). The molecule has 6 heteroatoms. The van der Waals surface area contributed by atoms with Crippen LogP contribution in [0.1, 0.15) is 55.5 Å². The Morgan fingerprint density at radius 1 is 1.25 bits per heavy atom. The van der Waals surface area contributed by atoms with E-state index < -0.39 is 17.7 Å². The molecule has 6 nitrogen and oxygen atoms in total. The zero-order valence-corrected chi connectivity index (χ0v) is 14.5. The van der Waals surface area contributed by atoms with E-state index in [1.54, 1.807) is 39.0 Å². The largest absolute Gasteiger partial charge is 0.465 e. The lowest BCUT2D eigenvalue weighted by Gasteiger charge is -2.32. The molecule has 1 heterocycles. The lowest BCUT2D eigenvalue weighted by atomic mass is 9.88. The van der Waals surface area contributed by atoms with Crippen LogP contribution >= 0.6 is 0 Å². The van der Waals surface area contributed by atoms with Crippen molar-refractivity contribution in [1.82, 2.24) is 4.90 Å². The predicted octanol–water partition coefficient (Wildman–Crippen LogP) is 3.11. The van der Waals surface area contributed by atoms with Gasteiger partial charge in [0.2, 0.25) is 5.91 Å². The molecule has 1 aromatic rings. The summed E-state index contributed by atoms with van der Waals surface area (Å²) < 4.78 is 9.98. The van der Waals surface area contributed by atoms with Crippen LogP contribution in [0.5, 0.6) is 0 Å². The van der Waals surface area contributed by atoms with Gasteiger partial charge in [0.05, 0.1) is 12.7 Å². The van der Waals surface area contributed by atoms with Gasteiger partial charge < -0.3 is 9.47 Å². The van der Waals surface area contributed by atoms with Crippen molar-refractivity contribution in [3.63, 3.8) is 0 Å². The topological polar surface area (TPSA) is 72.9 Å².